The van der Waals surface area contributed by atoms with Crippen LogP contribution in [0.1, 0.15) is 108 Å². The minimum Gasteiger partial charge on any atom is -0.393 e. The molecule has 0 aromatic heterocycles. The Morgan fingerprint density at radius 1 is 1.19 bits per heavy atom. The van der Waals surface area contributed by atoms with E-state index in [-0.39, 0.29) is 11.0 Å². The van der Waals surface area contributed by atoms with Gasteiger partial charge in [0.15, 0.2) is 0 Å². The summed E-state index contributed by atoms with van der Waals surface area (Å²) in [5.41, 5.74) is 2.08. The molecule has 1 aromatic carbocycles. The van der Waals surface area contributed by atoms with Gasteiger partial charge in [0, 0.05) is 5.56 Å². The molecule has 232 valence electrons. The fourth-order valence-corrected chi connectivity index (χ4v) is 7.96. The molecule has 6 atom stereocenters. The lowest BCUT2D eigenvalue weighted by atomic mass is 9.60. The first kappa shape index (κ1) is 32.5. The third-order valence-electron chi connectivity index (χ3n) is 10.2. The number of alkyl halides is 3. The smallest absolute Gasteiger partial charge is 0.393 e. The summed E-state index contributed by atoms with van der Waals surface area (Å²) >= 11 is 0. The van der Waals surface area contributed by atoms with Crippen LogP contribution >= 0.6 is 0 Å². The van der Waals surface area contributed by atoms with E-state index in [9.17, 15) is 28.2 Å². The zero-order chi connectivity index (χ0) is 30.9. The topological polar surface area (TPSA) is 69.6 Å². The van der Waals surface area contributed by atoms with Crippen LogP contribution in [-0.2, 0) is 6.18 Å². The van der Waals surface area contributed by atoms with Crippen LogP contribution in [0.25, 0.3) is 0 Å². The van der Waals surface area contributed by atoms with Gasteiger partial charge in [0.25, 0.3) is 5.91 Å². The molecule has 0 radical (unpaired) electrons. The first-order valence-corrected chi connectivity index (χ1v) is 15.6. The minimum atomic E-state index is -4.46. The van der Waals surface area contributed by atoms with Crippen LogP contribution < -0.4 is 5.32 Å². The summed E-state index contributed by atoms with van der Waals surface area (Å²) in [7, 11) is 0. The zero-order valence-electron chi connectivity index (χ0n) is 25.6. The summed E-state index contributed by atoms with van der Waals surface area (Å²) < 4.78 is 38.7. The number of hydrogen-bond donors (Lipinski definition) is 3. The van der Waals surface area contributed by atoms with Crippen LogP contribution in [0.15, 0.2) is 59.7 Å². The summed E-state index contributed by atoms with van der Waals surface area (Å²) in [6, 6.07) is 3.65. The maximum Gasteiger partial charge on any atom is 0.416 e. The van der Waals surface area contributed by atoms with Crippen molar-refractivity contribution in [1.29, 1.82) is 0 Å². The van der Waals surface area contributed by atoms with Gasteiger partial charge in [-0.1, -0.05) is 51.0 Å². The second-order valence-corrected chi connectivity index (χ2v) is 13.9. The van der Waals surface area contributed by atoms with Crippen molar-refractivity contribution in [3.63, 3.8) is 0 Å². The van der Waals surface area contributed by atoms with Crippen LogP contribution in [0.5, 0.6) is 0 Å². The maximum atomic E-state index is 12.9. The second-order valence-electron chi connectivity index (χ2n) is 13.9. The molecule has 0 aliphatic heterocycles. The molecule has 3 fully saturated rings. The molecule has 4 rings (SSSR count). The molecule has 4 nitrogen and oxygen atoms in total. The number of hydrogen-bond acceptors (Lipinski definition) is 3. The van der Waals surface area contributed by atoms with Crippen molar-refractivity contribution in [3.8, 4) is 0 Å². The first-order valence-electron chi connectivity index (χ1n) is 15.6. The molecule has 0 spiro atoms. The number of rotatable bonds is 8. The van der Waals surface area contributed by atoms with E-state index < -0.39 is 35.4 Å². The number of allylic oxidation sites excluding steroid dienone is 3. The molecule has 0 unspecified atom stereocenters. The largest absolute Gasteiger partial charge is 0.416 e. The molecule has 3 aliphatic rings. The highest BCUT2D eigenvalue weighted by Crippen LogP contribution is 2.60. The Morgan fingerprint density at radius 3 is 2.52 bits per heavy atom. The van der Waals surface area contributed by atoms with Gasteiger partial charge in [0.1, 0.15) is 0 Å². The fourth-order valence-electron chi connectivity index (χ4n) is 7.96. The van der Waals surface area contributed by atoms with Gasteiger partial charge in [-0.15, -0.1) is 0 Å². The summed E-state index contributed by atoms with van der Waals surface area (Å²) in [5.74, 6) is 1.32. The lowest BCUT2D eigenvalue weighted by molar-refractivity contribution is -0.137. The van der Waals surface area contributed by atoms with Crippen molar-refractivity contribution in [3.05, 3.63) is 70.8 Å². The van der Waals surface area contributed by atoms with Gasteiger partial charge in [-0.25, -0.2) is 0 Å². The lowest BCUT2D eigenvalue weighted by Gasteiger charge is -2.44. The minimum absolute atomic E-state index is 0.134. The molecule has 3 saturated carbocycles. The van der Waals surface area contributed by atoms with Crippen LogP contribution in [0, 0.1) is 23.2 Å². The van der Waals surface area contributed by atoms with E-state index >= 15 is 0 Å². The normalized spacial score (nSPS) is 31.3. The molecule has 0 saturated heterocycles. The number of nitrogens with one attached hydrogen (secondary N) is 1. The van der Waals surface area contributed by atoms with Gasteiger partial charge in [-0.3, -0.25) is 4.79 Å². The molecule has 1 amide bonds. The van der Waals surface area contributed by atoms with E-state index in [1.807, 2.05) is 13.8 Å². The zero-order valence-corrected chi connectivity index (χ0v) is 25.6. The number of carbonyl (C=O) groups is 1. The molecule has 3 N–H and O–H groups in total. The number of halogens is 3. The quantitative estimate of drug-likeness (QED) is 0.287. The van der Waals surface area contributed by atoms with Crippen molar-refractivity contribution < 1.29 is 28.2 Å². The summed E-state index contributed by atoms with van der Waals surface area (Å²) in [4.78, 5) is 12.8. The number of aliphatic hydroxyl groups excluding tert-OH is 1. The molecular weight excluding hydrogens is 539 g/mol. The molecular formula is C35H48F3NO3. The van der Waals surface area contributed by atoms with Gasteiger partial charge in [0.2, 0.25) is 0 Å². The summed E-state index contributed by atoms with van der Waals surface area (Å²) in [6.07, 6.45) is 8.83. The van der Waals surface area contributed by atoms with E-state index in [1.165, 1.54) is 37.0 Å². The Labute approximate surface area is 249 Å². The van der Waals surface area contributed by atoms with Crippen molar-refractivity contribution in [2.45, 2.75) is 116 Å². The monoisotopic (exact) mass is 587 g/mol. The van der Waals surface area contributed by atoms with Gasteiger partial charge in [0.05, 0.1) is 23.3 Å². The Morgan fingerprint density at radius 2 is 1.88 bits per heavy atom. The highest BCUT2D eigenvalue weighted by Gasteiger charge is 2.50. The molecule has 1 aromatic rings. The van der Waals surface area contributed by atoms with Crippen molar-refractivity contribution in [1.82, 2.24) is 5.32 Å². The Kier molecular flexibility index (Phi) is 9.83. The van der Waals surface area contributed by atoms with Crippen LogP contribution in [0.4, 0.5) is 13.2 Å². The van der Waals surface area contributed by atoms with E-state index in [0.717, 1.165) is 55.4 Å². The van der Waals surface area contributed by atoms with Gasteiger partial charge < -0.3 is 15.5 Å². The van der Waals surface area contributed by atoms with Gasteiger partial charge in [-0.2, -0.15) is 13.2 Å². The average molecular weight is 588 g/mol. The van der Waals surface area contributed by atoms with E-state index in [0.29, 0.717) is 30.6 Å². The van der Waals surface area contributed by atoms with Crippen LogP contribution in [0.3, 0.4) is 0 Å². The highest BCUT2D eigenvalue weighted by atomic mass is 19.4. The highest BCUT2D eigenvalue weighted by molar-refractivity contribution is 5.94. The van der Waals surface area contributed by atoms with Gasteiger partial charge >= 0.3 is 6.18 Å². The maximum absolute atomic E-state index is 12.9. The van der Waals surface area contributed by atoms with Crippen molar-refractivity contribution in [2.24, 2.45) is 23.2 Å². The molecule has 3 aliphatic carbocycles. The predicted molar refractivity (Wildman–Crippen MR) is 161 cm³/mol. The third kappa shape index (κ3) is 7.57. The van der Waals surface area contributed by atoms with Crippen molar-refractivity contribution in [2.75, 3.05) is 0 Å². The van der Waals surface area contributed by atoms with Crippen LogP contribution in [0.2, 0.25) is 0 Å². The molecule has 0 heterocycles. The standard InChI is InChI=1S/C35H48F3NO3/c1-22(8-6-18-33(3,4)42)29-16-17-30-24(9-7-19-34(29,30)5)10-11-26-20-28(40)21-31(23(26)2)39-32(41)25-12-14-27(15-13-25)35(36,37)38/h10-15,22,28-31,40,42H,2,6-9,16-21H2,1,3-5H3,(H,39,41)/b24-10+,26-11-/t22-,28-,29-,30+,31+,34-/m1/s1. The molecule has 42 heavy (non-hydrogen) atoms. The molecule has 7 heteroatoms. The number of amides is 1. The van der Waals surface area contributed by atoms with Crippen LogP contribution in [-0.4, -0.2) is 33.9 Å². The van der Waals surface area contributed by atoms with Crippen molar-refractivity contribution >= 4 is 5.91 Å². The average Bonchev–Trinajstić information content (AvgIpc) is 3.26. The SMILES string of the molecule is C=C1/C(=C\C=C2/CCC[C@]3(C)[C@@H]([C@H](C)CCCC(C)(C)O)CC[C@@H]23)C[C@@H](O)C[C@@H]1NC(=O)c1ccc(C(F)(F)F)cc1. The third-order valence-corrected chi connectivity index (χ3v) is 10.2. The van der Waals surface area contributed by atoms with E-state index in [4.69, 9.17) is 0 Å². The van der Waals surface area contributed by atoms with Gasteiger partial charge in [-0.05, 0) is 124 Å². The molecule has 0 bridgehead atoms. The summed E-state index contributed by atoms with van der Waals surface area (Å²) in [6.45, 7) is 12.9. The predicted octanol–water partition coefficient (Wildman–Crippen LogP) is 8.16. The number of carbonyl (C=O) groups excluding carboxylic acids is 1. The first-order chi connectivity index (χ1) is 19.6. The number of benzene rings is 1. The van der Waals surface area contributed by atoms with E-state index in [1.54, 1.807) is 0 Å². The van der Waals surface area contributed by atoms with E-state index in [2.05, 4.69) is 37.9 Å². The lowest BCUT2D eigenvalue weighted by Crippen LogP contribution is -2.42. The Balaban J connectivity index is 1.43. The number of fused-ring (bicyclic) bond motifs is 1. The fraction of sp³-hybridized carbons (Fsp3) is 0.629. The summed E-state index contributed by atoms with van der Waals surface area (Å²) in [5, 5.41) is 23.6. The Bertz CT molecular complexity index is 1190. The number of aliphatic hydroxyl groups is 2. The second kappa shape index (κ2) is 12.7. The Hall–Kier alpha value is -2.38.